The second kappa shape index (κ2) is 8.47. The summed E-state index contributed by atoms with van der Waals surface area (Å²) in [7, 11) is 0. The summed E-state index contributed by atoms with van der Waals surface area (Å²) in [6.45, 7) is 7.63. The van der Waals surface area contributed by atoms with E-state index in [-0.39, 0.29) is 18.4 Å². The molecular formula is C21H26N2O2. The zero-order valence-corrected chi connectivity index (χ0v) is 15.4. The summed E-state index contributed by atoms with van der Waals surface area (Å²) in [4.78, 5) is 26.3. The Labute approximate surface area is 149 Å². The highest BCUT2D eigenvalue weighted by atomic mass is 16.2. The van der Waals surface area contributed by atoms with Gasteiger partial charge in [-0.3, -0.25) is 9.59 Å². The number of anilines is 2. The smallest absolute Gasteiger partial charge is 0.244 e. The second-order valence-corrected chi connectivity index (χ2v) is 6.15. The molecule has 0 saturated heterocycles. The number of carbonyl (C=O) groups is 2. The van der Waals surface area contributed by atoms with Crippen molar-refractivity contribution in [1.29, 1.82) is 0 Å². The van der Waals surface area contributed by atoms with Gasteiger partial charge in [-0.25, -0.2) is 0 Å². The lowest BCUT2D eigenvalue weighted by molar-refractivity contribution is -0.120. The predicted molar refractivity (Wildman–Crippen MR) is 103 cm³/mol. The maximum atomic E-state index is 12.5. The number of nitrogens with zero attached hydrogens (tertiary/aromatic N) is 1. The molecule has 0 saturated carbocycles. The van der Waals surface area contributed by atoms with E-state index in [1.54, 1.807) is 4.90 Å². The van der Waals surface area contributed by atoms with Crippen molar-refractivity contribution < 1.29 is 9.59 Å². The van der Waals surface area contributed by atoms with Crippen LogP contribution in [-0.2, 0) is 22.4 Å². The second-order valence-electron chi connectivity index (χ2n) is 6.15. The van der Waals surface area contributed by atoms with Gasteiger partial charge in [0.05, 0.1) is 5.69 Å². The first kappa shape index (κ1) is 18.7. The molecular weight excluding hydrogens is 312 g/mol. The molecule has 1 N–H and O–H groups in total. The number of carbonyl (C=O) groups excluding carboxylic acids is 2. The maximum Gasteiger partial charge on any atom is 0.244 e. The first-order valence-corrected chi connectivity index (χ1v) is 8.71. The third-order valence-corrected chi connectivity index (χ3v) is 4.25. The van der Waals surface area contributed by atoms with Crippen LogP contribution in [0, 0.1) is 6.92 Å². The minimum Gasteiger partial charge on any atom is -0.325 e. The monoisotopic (exact) mass is 338 g/mol. The van der Waals surface area contributed by atoms with Gasteiger partial charge < -0.3 is 10.2 Å². The summed E-state index contributed by atoms with van der Waals surface area (Å²) in [5, 5.41) is 2.87. The summed E-state index contributed by atoms with van der Waals surface area (Å²) >= 11 is 0. The van der Waals surface area contributed by atoms with Gasteiger partial charge in [-0.1, -0.05) is 49.7 Å². The van der Waals surface area contributed by atoms with Crippen molar-refractivity contribution in [1.82, 2.24) is 0 Å². The number of aryl methyl sites for hydroxylation is 3. The van der Waals surface area contributed by atoms with Crippen LogP contribution in [0.4, 0.5) is 11.4 Å². The van der Waals surface area contributed by atoms with Crippen LogP contribution in [0.25, 0.3) is 0 Å². The molecule has 0 heterocycles. The molecule has 2 rings (SSSR count). The van der Waals surface area contributed by atoms with E-state index in [9.17, 15) is 9.59 Å². The lowest BCUT2D eigenvalue weighted by Gasteiger charge is -2.26. The SMILES string of the molecule is CCc1cccc(CC)c1N(CC(=O)Nc1ccc(C)cc1)C(C)=O. The summed E-state index contributed by atoms with van der Waals surface area (Å²) in [5.41, 5.74) is 4.90. The third kappa shape index (κ3) is 4.69. The van der Waals surface area contributed by atoms with Crippen molar-refractivity contribution >= 4 is 23.2 Å². The predicted octanol–water partition coefficient (Wildman–Crippen LogP) is 4.11. The molecule has 25 heavy (non-hydrogen) atoms. The van der Waals surface area contributed by atoms with Crippen LogP contribution in [0.5, 0.6) is 0 Å². The Bertz CT molecular complexity index is 729. The van der Waals surface area contributed by atoms with Gasteiger partial charge in [0.25, 0.3) is 0 Å². The minimum atomic E-state index is -0.202. The molecule has 4 nitrogen and oxygen atoms in total. The van der Waals surface area contributed by atoms with Crippen molar-refractivity contribution in [3.05, 3.63) is 59.2 Å². The first-order valence-electron chi connectivity index (χ1n) is 8.71. The zero-order chi connectivity index (χ0) is 18.4. The number of benzene rings is 2. The van der Waals surface area contributed by atoms with Crippen LogP contribution < -0.4 is 10.2 Å². The topological polar surface area (TPSA) is 49.4 Å². The Kier molecular flexibility index (Phi) is 6.34. The largest absolute Gasteiger partial charge is 0.325 e. The van der Waals surface area contributed by atoms with E-state index in [0.717, 1.165) is 40.9 Å². The Morgan fingerprint density at radius 2 is 1.52 bits per heavy atom. The van der Waals surface area contributed by atoms with Gasteiger partial charge in [0, 0.05) is 12.6 Å². The molecule has 2 aromatic rings. The highest BCUT2D eigenvalue weighted by Gasteiger charge is 2.20. The van der Waals surface area contributed by atoms with Gasteiger partial charge in [0.2, 0.25) is 11.8 Å². The van der Waals surface area contributed by atoms with Gasteiger partial charge in [0.15, 0.2) is 0 Å². The molecule has 0 radical (unpaired) electrons. The van der Waals surface area contributed by atoms with Gasteiger partial charge in [-0.05, 0) is 43.0 Å². The number of hydrogen-bond acceptors (Lipinski definition) is 2. The fraction of sp³-hybridized carbons (Fsp3) is 0.333. The Balaban J connectivity index is 2.26. The molecule has 4 heteroatoms. The minimum absolute atomic E-state index is 0.00717. The van der Waals surface area contributed by atoms with E-state index in [1.807, 2.05) is 49.4 Å². The summed E-state index contributed by atoms with van der Waals surface area (Å²) in [5.74, 6) is -0.332. The Morgan fingerprint density at radius 3 is 2.00 bits per heavy atom. The molecule has 0 bridgehead atoms. The van der Waals surface area contributed by atoms with Crippen LogP contribution in [-0.4, -0.2) is 18.4 Å². The third-order valence-electron chi connectivity index (χ3n) is 4.25. The number of nitrogens with one attached hydrogen (secondary N) is 1. The van der Waals surface area contributed by atoms with Gasteiger partial charge >= 0.3 is 0 Å². The molecule has 0 unspecified atom stereocenters. The summed E-state index contributed by atoms with van der Waals surface area (Å²) in [6, 6.07) is 13.7. The van der Waals surface area contributed by atoms with Gasteiger partial charge in [0.1, 0.15) is 6.54 Å². The molecule has 0 aliphatic rings. The average Bonchev–Trinajstić information content (AvgIpc) is 2.60. The van der Waals surface area contributed by atoms with Crippen molar-refractivity contribution in [3.8, 4) is 0 Å². The lowest BCUT2D eigenvalue weighted by atomic mass is 10.0. The van der Waals surface area contributed by atoms with Crippen LogP contribution in [0.2, 0.25) is 0 Å². The fourth-order valence-electron chi connectivity index (χ4n) is 2.89. The number of hydrogen-bond donors (Lipinski definition) is 1. The molecule has 2 amide bonds. The molecule has 2 aromatic carbocycles. The van der Waals surface area contributed by atoms with E-state index in [4.69, 9.17) is 0 Å². The van der Waals surface area contributed by atoms with Crippen LogP contribution >= 0.6 is 0 Å². The quantitative estimate of drug-likeness (QED) is 0.861. The molecule has 0 spiro atoms. The van der Waals surface area contributed by atoms with E-state index in [2.05, 4.69) is 19.2 Å². The fourth-order valence-corrected chi connectivity index (χ4v) is 2.89. The highest BCUT2D eigenvalue weighted by Crippen LogP contribution is 2.27. The molecule has 0 aliphatic heterocycles. The van der Waals surface area contributed by atoms with Crippen LogP contribution in [0.15, 0.2) is 42.5 Å². The van der Waals surface area contributed by atoms with Gasteiger partial charge in [-0.15, -0.1) is 0 Å². The highest BCUT2D eigenvalue weighted by molar-refractivity contribution is 6.02. The zero-order valence-electron chi connectivity index (χ0n) is 15.4. The van der Waals surface area contributed by atoms with Crippen LogP contribution in [0.3, 0.4) is 0 Å². The standard InChI is InChI=1S/C21H26N2O2/c1-5-17-8-7-9-18(6-2)21(17)23(16(4)24)14-20(25)22-19-12-10-15(3)11-13-19/h7-13H,5-6,14H2,1-4H3,(H,22,25). The molecule has 0 aliphatic carbocycles. The lowest BCUT2D eigenvalue weighted by Crippen LogP contribution is -2.37. The summed E-state index contributed by atoms with van der Waals surface area (Å²) in [6.07, 6.45) is 1.62. The van der Waals surface area contributed by atoms with E-state index >= 15 is 0 Å². The van der Waals surface area contributed by atoms with Gasteiger partial charge in [-0.2, -0.15) is 0 Å². The summed E-state index contributed by atoms with van der Waals surface area (Å²) < 4.78 is 0. The first-order chi connectivity index (χ1) is 12.0. The van der Waals surface area contributed by atoms with E-state index < -0.39 is 0 Å². The normalized spacial score (nSPS) is 10.4. The molecule has 132 valence electrons. The van der Waals surface area contributed by atoms with E-state index in [0.29, 0.717) is 0 Å². The maximum absolute atomic E-state index is 12.5. The average molecular weight is 338 g/mol. The number of amides is 2. The Hall–Kier alpha value is -2.62. The van der Waals surface area contributed by atoms with Crippen LogP contribution in [0.1, 0.15) is 37.5 Å². The molecule has 0 fully saturated rings. The molecule has 0 aromatic heterocycles. The Morgan fingerprint density at radius 1 is 0.960 bits per heavy atom. The van der Waals surface area contributed by atoms with Crippen molar-refractivity contribution in [2.45, 2.75) is 40.5 Å². The van der Waals surface area contributed by atoms with Crippen molar-refractivity contribution in [2.24, 2.45) is 0 Å². The number of rotatable bonds is 6. The molecule has 0 atom stereocenters. The number of para-hydroxylation sites is 1. The van der Waals surface area contributed by atoms with Crippen molar-refractivity contribution in [2.75, 3.05) is 16.8 Å². The van der Waals surface area contributed by atoms with Crippen molar-refractivity contribution in [3.63, 3.8) is 0 Å². The van der Waals surface area contributed by atoms with E-state index in [1.165, 1.54) is 6.92 Å².